The average Bonchev–Trinajstić information content (AvgIpc) is 2.75. The van der Waals surface area contributed by atoms with Crippen molar-refractivity contribution in [3.05, 3.63) is 65.7 Å². The van der Waals surface area contributed by atoms with Crippen LogP contribution in [0.4, 0.5) is 0 Å². The Labute approximate surface area is 168 Å². The maximum atomic E-state index is 12.7. The molecule has 5 nitrogen and oxygen atoms in total. The zero-order valence-corrected chi connectivity index (χ0v) is 17.3. The number of methoxy groups -OCH3 is 1. The van der Waals surface area contributed by atoms with E-state index in [0.29, 0.717) is 6.54 Å². The first-order chi connectivity index (χ1) is 13.6. The second kappa shape index (κ2) is 9.71. The van der Waals surface area contributed by atoms with Gasteiger partial charge in [-0.3, -0.25) is 4.79 Å². The highest BCUT2D eigenvalue weighted by molar-refractivity contribution is 5.77. The van der Waals surface area contributed by atoms with E-state index in [1.807, 2.05) is 42.3 Å². The van der Waals surface area contributed by atoms with Crippen molar-refractivity contribution in [3.8, 4) is 5.75 Å². The first kappa shape index (κ1) is 20.4. The van der Waals surface area contributed by atoms with E-state index >= 15 is 0 Å². The van der Waals surface area contributed by atoms with Crippen molar-refractivity contribution in [2.24, 2.45) is 0 Å². The first-order valence-corrected chi connectivity index (χ1v) is 10.2. The predicted octanol–water partition coefficient (Wildman–Crippen LogP) is 0.198. The second-order valence-electron chi connectivity index (χ2n) is 7.79. The number of rotatable bonds is 7. The molecule has 0 aliphatic carbocycles. The number of quaternary nitrogens is 2. The van der Waals surface area contributed by atoms with E-state index in [9.17, 15) is 4.79 Å². The Morgan fingerprint density at radius 2 is 1.61 bits per heavy atom. The third-order valence-corrected chi connectivity index (χ3v) is 5.93. The number of benzene rings is 2. The molecule has 1 saturated heterocycles. The maximum Gasteiger partial charge on any atom is 0.278 e. The molecule has 1 aliphatic heterocycles. The lowest BCUT2D eigenvalue weighted by Crippen LogP contribution is -3.28. The van der Waals surface area contributed by atoms with Crippen molar-refractivity contribution >= 4 is 5.91 Å². The van der Waals surface area contributed by atoms with Gasteiger partial charge in [0.05, 0.1) is 13.2 Å². The van der Waals surface area contributed by atoms with E-state index < -0.39 is 0 Å². The minimum atomic E-state index is 0.107. The normalized spacial score (nSPS) is 20.4. The molecule has 0 unspecified atom stereocenters. The van der Waals surface area contributed by atoms with Crippen LogP contribution in [0.3, 0.4) is 0 Å². The van der Waals surface area contributed by atoms with E-state index in [1.54, 1.807) is 12.0 Å². The standard InChI is InChI=1S/C23H31N3O2/c1-19(21-7-5-4-6-8-21)24(2)23(27)18-26-15-13-25(14-16-26)17-20-9-11-22(28-3)12-10-20/h4-12,19H,13-18H2,1-3H3/p+2/t19-/m1/s1. The SMILES string of the molecule is COc1ccc(C[NH+]2CC[NH+](CC(=O)N(C)[C@H](C)c3ccccc3)CC2)cc1. The minimum Gasteiger partial charge on any atom is -0.497 e. The van der Waals surface area contributed by atoms with Crippen molar-refractivity contribution < 1.29 is 19.3 Å². The molecule has 2 aromatic carbocycles. The smallest absolute Gasteiger partial charge is 0.278 e. The monoisotopic (exact) mass is 383 g/mol. The van der Waals surface area contributed by atoms with Gasteiger partial charge < -0.3 is 19.4 Å². The molecule has 2 N–H and O–H groups in total. The van der Waals surface area contributed by atoms with E-state index in [4.69, 9.17) is 4.74 Å². The quantitative estimate of drug-likeness (QED) is 0.717. The molecule has 0 aromatic heterocycles. The summed E-state index contributed by atoms with van der Waals surface area (Å²) >= 11 is 0. The van der Waals surface area contributed by atoms with Crippen LogP contribution in [0.15, 0.2) is 54.6 Å². The molecule has 3 rings (SSSR count). The van der Waals surface area contributed by atoms with Gasteiger partial charge in [-0.15, -0.1) is 0 Å². The third-order valence-electron chi connectivity index (χ3n) is 5.93. The van der Waals surface area contributed by atoms with Crippen molar-refractivity contribution in [1.82, 2.24) is 4.90 Å². The molecule has 5 heteroatoms. The molecule has 28 heavy (non-hydrogen) atoms. The Balaban J connectivity index is 1.45. The van der Waals surface area contributed by atoms with Crippen LogP contribution in [0.2, 0.25) is 0 Å². The Kier molecular flexibility index (Phi) is 7.06. The van der Waals surface area contributed by atoms with E-state index in [0.717, 1.165) is 38.5 Å². The lowest BCUT2D eigenvalue weighted by atomic mass is 10.1. The summed E-state index contributed by atoms with van der Waals surface area (Å²) in [5, 5.41) is 0. The topological polar surface area (TPSA) is 38.4 Å². The Bertz CT molecular complexity index is 740. The van der Waals surface area contributed by atoms with E-state index in [2.05, 4.69) is 31.2 Å². The number of piperazine rings is 1. The lowest BCUT2D eigenvalue weighted by molar-refractivity contribution is -1.02. The van der Waals surface area contributed by atoms with Gasteiger partial charge in [-0.1, -0.05) is 30.3 Å². The molecule has 1 amide bonds. The molecule has 1 fully saturated rings. The fourth-order valence-electron chi connectivity index (χ4n) is 3.85. The summed E-state index contributed by atoms with van der Waals surface area (Å²) in [4.78, 5) is 17.6. The van der Waals surface area contributed by atoms with Crippen molar-refractivity contribution in [2.75, 3.05) is 46.9 Å². The summed E-state index contributed by atoms with van der Waals surface area (Å²) in [6.07, 6.45) is 0. The highest BCUT2D eigenvalue weighted by atomic mass is 16.5. The molecule has 150 valence electrons. The highest BCUT2D eigenvalue weighted by Gasteiger charge is 2.27. The van der Waals surface area contributed by atoms with Gasteiger partial charge in [0.15, 0.2) is 6.54 Å². The van der Waals surface area contributed by atoms with E-state index in [-0.39, 0.29) is 11.9 Å². The Morgan fingerprint density at radius 1 is 1.00 bits per heavy atom. The predicted molar refractivity (Wildman–Crippen MR) is 111 cm³/mol. The zero-order chi connectivity index (χ0) is 19.9. The van der Waals surface area contributed by atoms with Gasteiger partial charge in [0.2, 0.25) is 0 Å². The number of hydrogen-bond acceptors (Lipinski definition) is 2. The molecular formula is C23H33N3O2+2. The molecule has 1 aliphatic rings. The Hall–Kier alpha value is -2.37. The van der Waals surface area contributed by atoms with Crippen LogP contribution < -0.4 is 14.5 Å². The highest BCUT2D eigenvalue weighted by Crippen LogP contribution is 2.17. The van der Waals surface area contributed by atoms with Crippen LogP contribution >= 0.6 is 0 Å². The summed E-state index contributed by atoms with van der Waals surface area (Å²) in [6.45, 7) is 8.02. The van der Waals surface area contributed by atoms with Gasteiger partial charge in [0, 0.05) is 12.6 Å². The molecule has 0 bridgehead atoms. The number of likely N-dealkylation sites (N-methyl/N-ethyl adjacent to an activating group) is 1. The third kappa shape index (κ3) is 5.33. The van der Waals surface area contributed by atoms with Crippen LogP contribution in [0.5, 0.6) is 5.75 Å². The van der Waals surface area contributed by atoms with Crippen LogP contribution in [-0.2, 0) is 11.3 Å². The molecule has 2 aromatic rings. The number of nitrogens with one attached hydrogen (secondary N) is 2. The second-order valence-corrected chi connectivity index (χ2v) is 7.79. The van der Waals surface area contributed by atoms with Crippen molar-refractivity contribution in [1.29, 1.82) is 0 Å². The fraction of sp³-hybridized carbons (Fsp3) is 0.435. The molecule has 0 saturated carbocycles. The number of hydrogen-bond donors (Lipinski definition) is 2. The Morgan fingerprint density at radius 3 is 2.21 bits per heavy atom. The lowest BCUT2D eigenvalue weighted by Gasteiger charge is -2.31. The van der Waals surface area contributed by atoms with Crippen LogP contribution in [0.25, 0.3) is 0 Å². The van der Waals surface area contributed by atoms with Gasteiger partial charge in [0.1, 0.15) is 38.5 Å². The molecule has 0 spiro atoms. The van der Waals surface area contributed by atoms with Gasteiger partial charge >= 0.3 is 0 Å². The van der Waals surface area contributed by atoms with Gasteiger partial charge in [-0.05, 0) is 36.8 Å². The first-order valence-electron chi connectivity index (χ1n) is 10.2. The molecular weight excluding hydrogens is 350 g/mol. The number of amides is 1. The van der Waals surface area contributed by atoms with Gasteiger partial charge in [-0.25, -0.2) is 0 Å². The number of carbonyl (C=O) groups is 1. The summed E-state index contributed by atoms with van der Waals surface area (Å²) < 4.78 is 5.23. The number of ether oxygens (including phenoxy) is 1. The van der Waals surface area contributed by atoms with E-state index in [1.165, 1.54) is 16.0 Å². The van der Waals surface area contributed by atoms with Gasteiger partial charge in [0.25, 0.3) is 5.91 Å². The summed E-state index contributed by atoms with van der Waals surface area (Å²) in [7, 11) is 3.62. The maximum absolute atomic E-state index is 12.7. The van der Waals surface area contributed by atoms with Crippen LogP contribution in [0.1, 0.15) is 24.1 Å². The molecule has 1 heterocycles. The summed E-state index contributed by atoms with van der Waals surface area (Å²) in [5.41, 5.74) is 2.52. The zero-order valence-electron chi connectivity index (χ0n) is 17.3. The number of nitrogens with zero attached hydrogens (tertiary/aromatic N) is 1. The molecule has 1 atom stereocenters. The fourth-order valence-corrected chi connectivity index (χ4v) is 3.85. The minimum absolute atomic E-state index is 0.107. The van der Waals surface area contributed by atoms with Crippen LogP contribution in [-0.4, -0.2) is 57.7 Å². The summed E-state index contributed by atoms with van der Waals surface area (Å²) in [5.74, 6) is 1.13. The van der Waals surface area contributed by atoms with Crippen LogP contribution in [0, 0.1) is 0 Å². The largest absolute Gasteiger partial charge is 0.497 e. The summed E-state index contributed by atoms with van der Waals surface area (Å²) in [6, 6.07) is 18.7. The van der Waals surface area contributed by atoms with Gasteiger partial charge in [-0.2, -0.15) is 0 Å². The number of carbonyl (C=O) groups excluding carboxylic acids is 1. The average molecular weight is 384 g/mol. The van der Waals surface area contributed by atoms with Crippen molar-refractivity contribution in [2.45, 2.75) is 19.5 Å². The van der Waals surface area contributed by atoms with Crippen molar-refractivity contribution in [3.63, 3.8) is 0 Å². The molecule has 0 radical (unpaired) electrons.